The zero-order valence-corrected chi connectivity index (χ0v) is 12.6. The van der Waals surface area contributed by atoms with E-state index in [9.17, 15) is 4.39 Å². The molecule has 3 nitrogen and oxygen atoms in total. The van der Waals surface area contributed by atoms with E-state index in [-0.39, 0.29) is 10.8 Å². The smallest absolute Gasteiger partial charge is 0.137 e. The van der Waals surface area contributed by atoms with E-state index in [1.54, 1.807) is 18.2 Å². The van der Waals surface area contributed by atoms with Crippen LogP contribution in [0.1, 0.15) is 24.0 Å². The van der Waals surface area contributed by atoms with E-state index in [2.05, 4.69) is 4.90 Å². The first-order chi connectivity index (χ1) is 9.58. The van der Waals surface area contributed by atoms with Gasteiger partial charge < -0.3 is 15.4 Å². The van der Waals surface area contributed by atoms with Crippen molar-refractivity contribution in [2.75, 3.05) is 26.8 Å². The minimum absolute atomic E-state index is 0.108. The first kappa shape index (κ1) is 15.4. The first-order valence-corrected chi connectivity index (χ1v) is 7.32. The molecule has 0 amide bonds. The van der Waals surface area contributed by atoms with Gasteiger partial charge in [0.15, 0.2) is 0 Å². The molecule has 1 aromatic carbocycles. The summed E-state index contributed by atoms with van der Waals surface area (Å²) in [4.78, 5) is 2.26. The van der Waals surface area contributed by atoms with Crippen molar-refractivity contribution in [1.29, 1.82) is 0 Å². The van der Waals surface area contributed by atoms with Gasteiger partial charge in [-0.05, 0) is 31.9 Å². The molecule has 5 heteroatoms. The molecule has 1 aliphatic rings. The Morgan fingerprint density at radius 3 is 2.80 bits per heavy atom. The monoisotopic (exact) mass is 296 g/mol. The molecular weight excluding hydrogens is 275 g/mol. The van der Waals surface area contributed by atoms with Crippen LogP contribution in [0.3, 0.4) is 0 Å². The third kappa shape index (κ3) is 3.98. The van der Waals surface area contributed by atoms with Gasteiger partial charge in [-0.2, -0.15) is 0 Å². The second kappa shape index (κ2) is 7.11. The van der Waals surface area contributed by atoms with Gasteiger partial charge in [-0.15, -0.1) is 0 Å². The number of thiocarbonyl (C=S) groups is 1. The lowest BCUT2D eigenvalue weighted by atomic mass is 9.99. The highest BCUT2D eigenvalue weighted by Gasteiger charge is 2.17. The Balaban J connectivity index is 1.98. The molecule has 0 saturated carbocycles. The van der Waals surface area contributed by atoms with Crippen molar-refractivity contribution in [3.8, 4) is 0 Å². The number of benzene rings is 1. The average Bonchev–Trinajstić information content (AvgIpc) is 2.42. The maximum Gasteiger partial charge on any atom is 0.137 e. The van der Waals surface area contributed by atoms with Gasteiger partial charge in [0.2, 0.25) is 0 Å². The molecular formula is C15H21FN2OS. The standard InChI is InChI=1S/C15H21FN2OS/c1-18(9-11-5-7-19-8-6-11)10-12-3-2-4-13(14(12)16)15(17)20/h2-4,11H,5-10H2,1H3,(H2,17,20). The minimum atomic E-state index is -0.293. The van der Waals surface area contributed by atoms with E-state index >= 15 is 0 Å². The summed E-state index contributed by atoms with van der Waals surface area (Å²) >= 11 is 4.86. The quantitative estimate of drug-likeness (QED) is 0.846. The summed E-state index contributed by atoms with van der Waals surface area (Å²) in [7, 11) is 2.02. The molecule has 0 spiro atoms. The summed E-state index contributed by atoms with van der Waals surface area (Å²) in [6, 6.07) is 5.21. The Labute approximate surface area is 124 Å². The lowest BCUT2D eigenvalue weighted by Crippen LogP contribution is -2.29. The zero-order valence-electron chi connectivity index (χ0n) is 11.8. The summed E-state index contributed by atoms with van der Waals surface area (Å²) in [5.41, 5.74) is 6.50. The van der Waals surface area contributed by atoms with E-state index in [4.69, 9.17) is 22.7 Å². The van der Waals surface area contributed by atoms with Crippen LogP contribution in [0.2, 0.25) is 0 Å². The summed E-state index contributed by atoms with van der Waals surface area (Å²) in [5, 5.41) is 0. The van der Waals surface area contributed by atoms with Gasteiger partial charge in [0.1, 0.15) is 10.8 Å². The highest BCUT2D eigenvalue weighted by Crippen LogP contribution is 2.18. The summed E-state index contributed by atoms with van der Waals surface area (Å²) in [6.45, 7) is 3.20. The predicted molar refractivity (Wildman–Crippen MR) is 82.2 cm³/mol. The van der Waals surface area contributed by atoms with Gasteiger partial charge in [0, 0.05) is 37.4 Å². The summed E-state index contributed by atoms with van der Waals surface area (Å²) < 4.78 is 19.6. The van der Waals surface area contributed by atoms with Crippen LogP contribution in [-0.2, 0) is 11.3 Å². The van der Waals surface area contributed by atoms with E-state index in [0.29, 0.717) is 23.6 Å². The van der Waals surface area contributed by atoms with Crippen LogP contribution in [0.5, 0.6) is 0 Å². The van der Waals surface area contributed by atoms with Crippen molar-refractivity contribution in [3.05, 3.63) is 35.1 Å². The van der Waals surface area contributed by atoms with Crippen LogP contribution >= 0.6 is 12.2 Å². The van der Waals surface area contributed by atoms with Crippen molar-refractivity contribution >= 4 is 17.2 Å². The lowest BCUT2D eigenvalue weighted by molar-refractivity contribution is 0.0548. The van der Waals surface area contributed by atoms with Gasteiger partial charge in [-0.25, -0.2) is 4.39 Å². The Kier molecular flexibility index (Phi) is 5.46. The fraction of sp³-hybridized carbons (Fsp3) is 0.533. The fourth-order valence-electron chi connectivity index (χ4n) is 2.62. The van der Waals surface area contributed by atoms with Crippen LogP contribution in [0.25, 0.3) is 0 Å². The molecule has 0 atom stereocenters. The molecule has 0 aromatic heterocycles. The lowest BCUT2D eigenvalue weighted by Gasteiger charge is -2.27. The van der Waals surface area contributed by atoms with Gasteiger partial charge in [0.25, 0.3) is 0 Å². The number of rotatable bonds is 5. The molecule has 0 bridgehead atoms. The number of hydrogen-bond acceptors (Lipinski definition) is 3. The van der Waals surface area contributed by atoms with Gasteiger partial charge in [-0.3, -0.25) is 0 Å². The van der Waals surface area contributed by atoms with Gasteiger partial charge in [-0.1, -0.05) is 24.4 Å². The van der Waals surface area contributed by atoms with Crippen molar-refractivity contribution < 1.29 is 9.13 Å². The first-order valence-electron chi connectivity index (χ1n) is 6.91. The number of nitrogens with zero attached hydrogens (tertiary/aromatic N) is 1. The molecule has 1 fully saturated rings. The maximum absolute atomic E-state index is 14.2. The Hall–Kier alpha value is -1.04. The van der Waals surface area contributed by atoms with Crippen LogP contribution in [0.4, 0.5) is 4.39 Å². The van der Waals surface area contributed by atoms with Crippen LogP contribution in [-0.4, -0.2) is 36.7 Å². The maximum atomic E-state index is 14.2. The molecule has 1 heterocycles. The van der Waals surface area contributed by atoms with Crippen molar-refractivity contribution in [2.45, 2.75) is 19.4 Å². The number of ether oxygens (including phenoxy) is 1. The molecule has 110 valence electrons. The molecule has 0 radical (unpaired) electrons. The Morgan fingerprint density at radius 1 is 1.45 bits per heavy atom. The predicted octanol–water partition coefficient (Wildman–Crippen LogP) is 2.32. The van der Waals surface area contributed by atoms with E-state index in [1.165, 1.54) is 0 Å². The van der Waals surface area contributed by atoms with Crippen LogP contribution in [0.15, 0.2) is 18.2 Å². The van der Waals surface area contributed by atoms with Crippen molar-refractivity contribution in [1.82, 2.24) is 4.90 Å². The molecule has 0 aliphatic carbocycles. The van der Waals surface area contributed by atoms with Crippen LogP contribution < -0.4 is 5.73 Å². The van der Waals surface area contributed by atoms with Crippen molar-refractivity contribution in [2.24, 2.45) is 11.7 Å². The second-order valence-corrected chi connectivity index (χ2v) is 5.84. The van der Waals surface area contributed by atoms with Crippen molar-refractivity contribution in [3.63, 3.8) is 0 Å². The molecule has 0 unspecified atom stereocenters. The zero-order chi connectivity index (χ0) is 14.5. The molecule has 1 aliphatic heterocycles. The molecule has 1 aromatic rings. The number of halogens is 1. The molecule has 1 saturated heterocycles. The van der Waals surface area contributed by atoms with E-state index in [0.717, 1.165) is 32.6 Å². The summed E-state index contributed by atoms with van der Waals surface area (Å²) in [5.74, 6) is 0.342. The summed E-state index contributed by atoms with van der Waals surface area (Å²) in [6.07, 6.45) is 2.17. The second-order valence-electron chi connectivity index (χ2n) is 5.40. The Morgan fingerprint density at radius 2 is 2.15 bits per heavy atom. The number of nitrogens with two attached hydrogens (primary N) is 1. The molecule has 20 heavy (non-hydrogen) atoms. The van der Waals surface area contributed by atoms with Gasteiger partial charge >= 0.3 is 0 Å². The normalized spacial score (nSPS) is 16.6. The average molecular weight is 296 g/mol. The third-order valence-electron chi connectivity index (χ3n) is 3.70. The Bertz CT molecular complexity index is 475. The minimum Gasteiger partial charge on any atom is -0.389 e. The van der Waals surface area contributed by atoms with E-state index < -0.39 is 0 Å². The highest BCUT2D eigenvalue weighted by atomic mass is 32.1. The number of hydrogen-bond donors (Lipinski definition) is 1. The molecule has 2 N–H and O–H groups in total. The van der Waals surface area contributed by atoms with Gasteiger partial charge in [0.05, 0.1) is 0 Å². The largest absolute Gasteiger partial charge is 0.389 e. The van der Waals surface area contributed by atoms with E-state index in [1.807, 2.05) is 7.05 Å². The molecule has 2 rings (SSSR count). The fourth-order valence-corrected chi connectivity index (χ4v) is 2.77. The van der Waals surface area contributed by atoms with Crippen LogP contribution in [0, 0.1) is 11.7 Å². The topological polar surface area (TPSA) is 38.5 Å². The third-order valence-corrected chi connectivity index (χ3v) is 3.92. The highest BCUT2D eigenvalue weighted by molar-refractivity contribution is 7.80. The SMILES string of the molecule is CN(Cc1cccc(C(N)=S)c1F)CC1CCOCC1.